The summed E-state index contributed by atoms with van der Waals surface area (Å²) in [6, 6.07) is 8.35. The van der Waals surface area contributed by atoms with Gasteiger partial charge < -0.3 is 14.2 Å². The predicted octanol–water partition coefficient (Wildman–Crippen LogP) is 3.27. The van der Waals surface area contributed by atoms with Gasteiger partial charge in [0.15, 0.2) is 0 Å². The number of methoxy groups -OCH3 is 1. The highest BCUT2D eigenvalue weighted by molar-refractivity contribution is 5.77. The molecule has 3 rings (SSSR count). The Bertz CT molecular complexity index is 589. The third kappa shape index (κ3) is 4.21. The number of benzene rings is 1. The van der Waals surface area contributed by atoms with Crippen LogP contribution < -0.4 is 4.74 Å². The van der Waals surface area contributed by atoms with Crippen molar-refractivity contribution in [1.82, 2.24) is 4.90 Å². The molecule has 0 atom stereocenters. The second-order valence-corrected chi connectivity index (χ2v) is 7.39. The average molecular weight is 361 g/mol. The summed E-state index contributed by atoms with van der Waals surface area (Å²) < 4.78 is 16.3. The number of piperidine rings is 1. The quantitative estimate of drug-likeness (QED) is 0.728. The molecule has 26 heavy (non-hydrogen) atoms. The molecule has 5 nitrogen and oxygen atoms in total. The molecule has 0 radical (unpaired) electrons. The largest absolute Gasteiger partial charge is 0.494 e. The third-order valence-corrected chi connectivity index (χ3v) is 5.96. The Morgan fingerprint density at radius 1 is 1.27 bits per heavy atom. The molecule has 2 aliphatic heterocycles. The molecule has 2 saturated heterocycles. The van der Waals surface area contributed by atoms with E-state index in [1.54, 1.807) is 0 Å². The van der Waals surface area contributed by atoms with E-state index in [0.717, 1.165) is 51.1 Å². The number of esters is 1. The van der Waals surface area contributed by atoms with Crippen molar-refractivity contribution in [2.24, 2.45) is 11.3 Å². The van der Waals surface area contributed by atoms with Crippen LogP contribution in [0.2, 0.25) is 0 Å². The van der Waals surface area contributed by atoms with Gasteiger partial charge in [0.05, 0.1) is 19.1 Å². The zero-order valence-electron chi connectivity index (χ0n) is 16.0. The fourth-order valence-electron chi connectivity index (χ4n) is 4.52. The van der Waals surface area contributed by atoms with Crippen molar-refractivity contribution in [3.63, 3.8) is 0 Å². The molecule has 0 amide bonds. The molecule has 2 heterocycles. The average Bonchev–Trinajstić information content (AvgIpc) is 2.69. The van der Waals surface area contributed by atoms with E-state index in [0.29, 0.717) is 25.7 Å². The highest BCUT2D eigenvalue weighted by Crippen LogP contribution is 2.44. The van der Waals surface area contributed by atoms with Gasteiger partial charge in [-0.1, -0.05) is 12.1 Å². The van der Waals surface area contributed by atoms with E-state index in [4.69, 9.17) is 14.2 Å². The van der Waals surface area contributed by atoms with Crippen LogP contribution in [0.4, 0.5) is 0 Å². The Hall–Kier alpha value is -1.59. The van der Waals surface area contributed by atoms with E-state index in [1.807, 2.05) is 13.0 Å². The molecule has 2 fully saturated rings. The summed E-state index contributed by atoms with van der Waals surface area (Å²) in [7, 11) is 1.51. The molecule has 0 bridgehead atoms. The van der Waals surface area contributed by atoms with Crippen LogP contribution in [0.1, 0.15) is 38.2 Å². The molecule has 5 heteroatoms. The minimum atomic E-state index is -0.339. The molecular formula is C21H31NO4. The summed E-state index contributed by atoms with van der Waals surface area (Å²) in [5.74, 6) is 1.29. The summed E-state index contributed by atoms with van der Waals surface area (Å²) in [5.41, 5.74) is 0.941. The van der Waals surface area contributed by atoms with Gasteiger partial charge >= 0.3 is 5.97 Å². The summed E-state index contributed by atoms with van der Waals surface area (Å²) >= 11 is 0. The van der Waals surface area contributed by atoms with Crippen LogP contribution in [-0.2, 0) is 20.8 Å². The fraction of sp³-hybridized carbons (Fsp3) is 0.667. The topological polar surface area (TPSA) is 48.0 Å². The number of carbonyl (C=O) groups excluding carboxylic acids is 1. The van der Waals surface area contributed by atoms with E-state index >= 15 is 0 Å². The monoisotopic (exact) mass is 361 g/mol. The number of likely N-dealkylation sites (tertiary alicyclic amines) is 1. The van der Waals surface area contributed by atoms with E-state index < -0.39 is 0 Å². The lowest BCUT2D eigenvalue weighted by molar-refractivity contribution is -0.166. The van der Waals surface area contributed by atoms with Crippen LogP contribution in [0.25, 0.3) is 0 Å². The highest BCUT2D eigenvalue weighted by atomic mass is 16.5. The third-order valence-electron chi connectivity index (χ3n) is 5.96. The van der Waals surface area contributed by atoms with Gasteiger partial charge in [0, 0.05) is 19.8 Å². The molecular weight excluding hydrogens is 330 g/mol. The first-order valence-electron chi connectivity index (χ1n) is 9.78. The van der Waals surface area contributed by atoms with Gasteiger partial charge in [-0.3, -0.25) is 9.69 Å². The molecule has 1 aromatic rings. The normalized spacial score (nSPS) is 21.3. The first-order valence-corrected chi connectivity index (χ1v) is 9.78. The number of hydrogen-bond donors (Lipinski definition) is 0. The van der Waals surface area contributed by atoms with E-state index in [1.165, 1.54) is 12.7 Å². The van der Waals surface area contributed by atoms with Gasteiger partial charge in [-0.25, -0.2) is 0 Å². The fourth-order valence-corrected chi connectivity index (χ4v) is 4.52. The summed E-state index contributed by atoms with van der Waals surface area (Å²) in [4.78, 5) is 15.0. The Morgan fingerprint density at radius 2 is 2.00 bits per heavy atom. The maximum atomic E-state index is 12.6. The molecule has 0 aliphatic carbocycles. The first-order chi connectivity index (χ1) is 12.7. The SMILES string of the molecule is CCOc1cccc(CN2CCC(C3(C(=O)OC)CCOCC3)CC2)c1. The standard InChI is InChI=1S/C21H31NO4/c1-3-26-19-6-4-5-17(15-19)16-22-11-7-18(8-12-22)21(20(23)24-2)9-13-25-14-10-21/h4-6,15,18H,3,7-14,16H2,1-2H3. The van der Waals surface area contributed by atoms with Crippen molar-refractivity contribution in [2.45, 2.75) is 39.2 Å². The van der Waals surface area contributed by atoms with Gasteiger partial charge in [0.1, 0.15) is 5.75 Å². The van der Waals surface area contributed by atoms with Gasteiger partial charge in [0.25, 0.3) is 0 Å². The van der Waals surface area contributed by atoms with Crippen molar-refractivity contribution < 1.29 is 19.0 Å². The minimum absolute atomic E-state index is 0.0383. The molecule has 2 aliphatic rings. The number of rotatable bonds is 6. The molecule has 144 valence electrons. The van der Waals surface area contributed by atoms with Crippen LogP contribution in [0, 0.1) is 11.3 Å². The Labute approximate surface area is 156 Å². The lowest BCUT2D eigenvalue weighted by Crippen LogP contribution is -2.48. The molecule has 1 aromatic carbocycles. The molecule has 0 unspecified atom stereocenters. The van der Waals surface area contributed by atoms with Crippen LogP contribution >= 0.6 is 0 Å². The Balaban J connectivity index is 1.59. The predicted molar refractivity (Wildman–Crippen MR) is 100 cm³/mol. The van der Waals surface area contributed by atoms with Crippen molar-refractivity contribution in [3.05, 3.63) is 29.8 Å². The molecule has 0 saturated carbocycles. The highest BCUT2D eigenvalue weighted by Gasteiger charge is 2.48. The van der Waals surface area contributed by atoms with Crippen LogP contribution in [0.3, 0.4) is 0 Å². The maximum Gasteiger partial charge on any atom is 0.312 e. The Kier molecular flexibility index (Phi) is 6.54. The zero-order valence-corrected chi connectivity index (χ0v) is 16.0. The van der Waals surface area contributed by atoms with Crippen molar-refractivity contribution in [1.29, 1.82) is 0 Å². The van der Waals surface area contributed by atoms with Crippen molar-refractivity contribution >= 4 is 5.97 Å². The maximum absolute atomic E-state index is 12.6. The van der Waals surface area contributed by atoms with Crippen molar-refractivity contribution in [3.8, 4) is 5.75 Å². The second-order valence-electron chi connectivity index (χ2n) is 7.39. The second kappa shape index (κ2) is 8.87. The zero-order chi connectivity index (χ0) is 18.4. The summed E-state index contributed by atoms with van der Waals surface area (Å²) in [6.07, 6.45) is 3.67. The molecule has 0 N–H and O–H groups in total. The number of hydrogen-bond acceptors (Lipinski definition) is 5. The van der Waals surface area contributed by atoms with E-state index in [-0.39, 0.29) is 11.4 Å². The summed E-state index contributed by atoms with van der Waals surface area (Å²) in [5, 5.41) is 0. The smallest absolute Gasteiger partial charge is 0.312 e. The molecule has 0 spiro atoms. The van der Waals surface area contributed by atoms with Crippen LogP contribution in [0.5, 0.6) is 5.75 Å². The van der Waals surface area contributed by atoms with E-state index in [2.05, 4.69) is 23.1 Å². The number of carbonyl (C=O) groups is 1. The van der Waals surface area contributed by atoms with Crippen molar-refractivity contribution in [2.75, 3.05) is 40.0 Å². The number of nitrogens with zero attached hydrogens (tertiary/aromatic N) is 1. The van der Waals surface area contributed by atoms with Crippen LogP contribution in [-0.4, -0.2) is 50.9 Å². The van der Waals surface area contributed by atoms with Gasteiger partial charge in [0.2, 0.25) is 0 Å². The molecule has 0 aromatic heterocycles. The van der Waals surface area contributed by atoms with Gasteiger partial charge in [-0.15, -0.1) is 0 Å². The Morgan fingerprint density at radius 3 is 2.65 bits per heavy atom. The van der Waals surface area contributed by atoms with E-state index in [9.17, 15) is 4.79 Å². The lowest BCUT2D eigenvalue weighted by atomic mass is 9.66. The summed E-state index contributed by atoms with van der Waals surface area (Å²) in [6.45, 7) is 6.99. The van der Waals surface area contributed by atoms with Crippen LogP contribution in [0.15, 0.2) is 24.3 Å². The van der Waals surface area contributed by atoms with Gasteiger partial charge in [-0.05, 0) is 69.3 Å². The minimum Gasteiger partial charge on any atom is -0.494 e. The lowest BCUT2D eigenvalue weighted by Gasteiger charge is -2.44. The first kappa shape index (κ1) is 19.2. The van der Waals surface area contributed by atoms with Gasteiger partial charge in [-0.2, -0.15) is 0 Å². The number of ether oxygens (including phenoxy) is 3.